The molecule has 0 saturated heterocycles. The van der Waals surface area contributed by atoms with Gasteiger partial charge < -0.3 is 11.0 Å². The Bertz CT molecular complexity index is 4.00. The zero-order chi connectivity index (χ0) is 0. The van der Waals surface area contributed by atoms with Crippen LogP contribution in [-0.2, 0) is 0 Å². The Balaban J connectivity index is 0. The smallest absolute Gasteiger partial charge is 0 e. The van der Waals surface area contributed by atoms with Crippen LogP contribution < -0.4 is 0 Å². The molecule has 0 bridgehead atoms. The molecule has 0 atom stereocenters. The molecule has 0 fully saturated rings. The molecule has 0 heterocycles. The van der Waals surface area contributed by atoms with Gasteiger partial charge in [0.05, 0.1) is 0 Å². The van der Waals surface area contributed by atoms with Crippen LogP contribution in [0.15, 0.2) is 0 Å². The number of hydrogen-bond donors (Lipinski definition) is 0. The quantitative estimate of drug-likeness (QED) is 0.478. The van der Waals surface area contributed by atoms with Gasteiger partial charge in [0.2, 0.25) is 0 Å². The molecule has 0 aliphatic heterocycles. The zero-order valence-corrected chi connectivity index (χ0v) is 15.6. The minimum absolute atomic E-state index is 0. The van der Waals surface area contributed by atoms with Crippen molar-refractivity contribution >= 4 is 138 Å². The second-order valence-corrected chi connectivity index (χ2v) is 0. The topological polar surface area (TPSA) is 63.0 Å². The molecule has 18 valence electrons. The molecule has 0 amide bonds. The third kappa shape index (κ3) is 9.39. The van der Waals surface area contributed by atoms with Crippen molar-refractivity contribution in [1.82, 2.24) is 0 Å². The monoisotopic (exact) mass is 302 g/mol. The van der Waals surface area contributed by atoms with Crippen LogP contribution >= 0.6 is 0 Å². The third-order valence-electron chi connectivity index (χ3n) is 0. The molecular weight excluding hydrogens is 298 g/mol. The predicted octanol–water partition coefficient (Wildman–Crippen LogP) is -2.41. The van der Waals surface area contributed by atoms with Gasteiger partial charge in [0, 0.05) is 138 Å². The molecule has 0 aromatic rings. The summed E-state index contributed by atoms with van der Waals surface area (Å²) in [6, 6.07) is 0. The molecule has 2 radical (unpaired) electrons. The summed E-state index contributed by atoms with van der Waals surface area (Å²) in [5.41, 5.74) is 0. The Morgan fingerprint density at radius 1 is 0.500 bits per heavy atom. The van der Waals surface area contributed by atoms with Gasteiger partial charge in [-0.2, -0.15) is 0 Å². The molecule has 0 aromatic heterocycles. The van der Waals surface area contributed by atoms with Crippen LogP contribution in [0, 0.1) is 0 Å². The Hall–Kier alpha value is 4.02. The van der Waals surface area contributed by atoms with Crippen molar-refractivity contribution in [3.05, 3.63) is 0 Å². The van der Waals surface area contributed by atoms with E-state index >= 15 is 0 Å². The summed E-state index contributed by atoms with van der Waals surface area (Å²) in [7, 11) is 0. The molecule has 0 saturated carbocycles. The first kappa shape index (κ1) is 24.4. The molecule has 0 aromatic carbocycles. The van der Waals surface area contributed by atoms with Gasteiger partial charge in [0.15, 0.2) is 0 Å². The van der Waals surface area contributed by atoms with Crippen molar-refractivity contribution < 1.29 is 11.0 Å². The van der Waals surface area contributed by atoms with Crippen molar-refractivity contribution in [2.75, 3.05) is 0 Å². The first-order valence-corrected chi connectivity index (χ1v) is 0. The Morgan fingerprint density at radius 2 is 0.500 bits per heavy atom. The van der Waals surface area contributed by atoms with E-state index in [1.807, 2.05) is 0 Å². The van der Waals surface area contributed by atoms with Crippen LogP contribution in [0.3, 0.4) is 0 Å². The van der Waals surface area contributed by atoms with Gasteiger partial charge in [0.25, 0.3) is 0 Å². The maximum atomic E-state index is 0. The fraction of sp³-hybridized carbons (Fsp3) is 0. The van der Waals surface area contributed by atoms with Crippen LogP contribution in [-0.4, -0.2) is 149 Å². The maximum Gasteiger partial charge on any atom is 0 e. The third-order valence-corrected chi connectivity index (χ3v) is 0. The molecule has 4 heteroatoms. The van der Waals surface area contributed by atoms with Gasteiger partial charge in [-0.3, -0.25) is 0 Å². The summed E-state index contributed by atoms with van der Waals surface area (Å²) in [4.78, 5) is 0. The molecule has 0 rings (SSSR count). The van der Waals surface area contributed by atoms with Crippen molar-refractivity contribution in [3.63, 3.8) is 0 Å². The number of rotatable bonds is 0. The van der Waals surface area contributed by atoms with E-state index in [4.69, 9.17) is 0 Å². The van der Waals surface area contributed by atoms with Crippen molar-refractivity contribution in [1.29, 1.82) is 0 Å². The van der Waals surface area contributed by atoms with Gasteiger partial charge in [-0.15, -0.1) is 0 Å². The molecule has 0 spiro atoms. The van der Waals surface area contributed by atoms with Crippen LogP contribution in [0.5, 0.6) is 0 Å². The average molecular weight is 302 g/mol. The first-order chi connectivity index (χ1) is 0. The van der Waals surface area contributed by atoms with E-state index in [0.717, 1.165) is 0 Å². The molecule has 0 aliphatic carbocycles. The van der Waals surface area contributed by atoms with E-state index in [0.29, 0.717) is 0 Å². The van der Waals surface area contributed by atoms with E-state index in [9.17, 15) is 0 Å². The van der Waals surface area contributed by atoms with Gasteiger partial charge in [0.1, 0.15) is 0 Å². The zero-order valence-electron chi connectivity index (χ0n) is 3.00. The fourth-order valence-electron chi connectivity index (χ4n) is 0. The largest absolute Gasteiger partial charge is 0.412 e. The van der Waals surface area contributed by atoms with Crippen molar-refractivity contribution in [2.24, 2.45) is 0 Å². The SMILES string of the molecule is O.O.[Cs].[Cs]. The minimum Gasteiger partial charge on any atom is -0.412 e. The normalized spacial score (nSPS) is 0. The van der Waals surface area contributed by atoms with Crippen LogP contribution in [0.25, 0.3) is 0 Å². The minimum atomic E-state index is 0. The maximum absolute atomic E-state index is 0. The summed E-state index contributed by atoms with van der Waals surface area (Å²) >= 11 is 0. The Morgan fingerprint density at radius 3 is 0.500 bits per heavy atom. The molecular formula is H4Cs2O2. The second kappa shape index (κ2) is 15.7. The molecule has 0 unspecified atom stereocenters. The fourth-order valence-corrected chi connectivity index (χ4v) is 0. The standard InChI is InChI=1S/2Cs.2H2O/h;;2*1H2. The van der Waals surface area contributed by atoms with E-state index in [-0.39, 0.29) is 149 Å². The van der Waals surface area contributed by atoms with Crippen molar-refractivity contribution in [3.8, 4) is 0 Å². The molecule has 4 N–H and O–H groups in total. The summed E-state index contributed by atoms with van der Waals surface area (Å²) in [6.07, 6.45) is 0. The molecule has 2 nitrogen and oxygen atoms in total. The Labute approximate surface area is 143 Å². The van der Waals surface area contributed by atoms with Crippen LogP contribution in [0.1, 0.15) is 0 Å². The summed E-state index contributed by atoms with van der Waals surface area (Å²) in [5.74, 6) is 0. The van der Waals surface area contributed by atoms with E-state index < -0.39 is 0 Å². The van der Waals surface area contributed by atoms with E-state index in [1.54, 1.807) is 0 Å². The van der Waals surface area contributed by atoms with Crippen LogP contribution in [0.4, 0.5) is 0 Å². The first-order valence-electron chi connectivity index (χ1n) is 0. The molecule has 4 heavy (non-hydrogen) atoms. The summed E-state index contributed by atoms with van der Waals surface area (Å²) < 4.78 is 0. The van der Waals surface area contributed by atoms with Gasteiger partial charge in [-0.1, -0.05) is 0 Å². The summed E-state index contributed by atoms with van der Waals surface area (Å²) in [5, 5.41) is 0. The second-order valence-electron chi connectivity index (χ2n) is 0. The van der Waals surface area contributed by atoms with Crippen molar-refractivity contribution in [2.45, 2.75) is 0 Å². The van der Waals surface area contributed by atoms with Gasteiger partial charge in [-0.05, 0) is 0 Å². The van der Waals surface area contributed by atoms with E-state index in [1.165, 1.54) is 0 Å². The van der Waals surface area contributed by atoms with Gasteiger partial charge >= 0.3 is 0 Å². The predicted molar refractivity (Wildman–Crippen MR) is 18.7 cm³/mol. The average Bonchev–Trinajstić information content (AvgIpc) is 0. The molecule has 0 aliphatic rings. The summed E-state index contributed by atoms with van der Waals surface area (Å²) in [6.45, 7) is 0. The number of hydrogen-bond acceptors (Lipinski definition) is 0. The van der Waals surface area contributed by atoms with E-state index in [2.05, 4.69) is 0 Å². The van der Waals surface area contributed by atoms with Crippen LogP contribution in [0.2, 0.25) is 0 Å². The Kier molecular flexibility index (Phi) is 96.2. The van der Waals surface area contributed by atoms with Gasteiger partial charge in [-0.25, -0.2) is 0 Å².